The van der Waals surface area contributed by atoms with Gasteiger partial charge >= 0.3 is 0 Å². The van der Waals surface area contributed by atoms with Crippen LogP contribution < -0.4 is 0 Å². The molecule has 0 unspecified atom stereocenters. The van der Waals surface area contributed by atoms with Crippen molar-refractivity contribution in [1.82, 2.24) is 19.1 Å². The van der Waals surface area contributed by atoms with Gasteiger partial charge in [-0.25, -0.2) is 9.97 Å². The molecule has 0 aliphatic heterocycles. The Morgan fingerprint density at radius 3 is 1.82 bits per heavy atom. The average Bonchev–Trinajstić information content (AvgIpc) is 3.85. The summed E-state index contributed by atoms with van der Waals surface area (Å²) in [6.07, 6.45) is 2.00. The third-order valence-electron chi connectivity index (χ3n) is 10.2. The van der Waals surface area contributed by atoms with E-state index in [0.717, 1.165) is 43.6 Å². The van der Waals surface area contributed by atoms with Crippen molar-refractivity contribution in [2.75, 3.05) is 0 Å². The molecule has 0 spiro atoms. The number of hydrogen-bond donors (Lipinski definition) is 0. The van der Waals surface area contributed by atoms with Crippen LogP contribution in [0.2, 0.25) is 0 Å². The minimum absolute atomic E-state index is 0.715. The fourth-order valence-corrected chi connectivity index (χ4v) is 8.92. The van der Waals surface area contributed by atoms with Crippen LogP contribution in [0.5, 0.6) is 0 Å². The maximum absolute atomic E-state index is 5.34. The highest BCUT2D eigenvalue weighted by atomic mass is 32.1. The molecule has 0 aliphatic rings. The summed E-state index contributed by atoms with van der Waals surface area (Å²) in [7, 11) is 0. The SMILES string of the molecule is c1ccc(-c2ccc3c(c2)c2ccccc2n3-c2ccccc2-c2ncc3sc4ccc(-n5c6ccccc6c6ccccc65)cc4c3n2)cc1. The second-order valence-corrected chi connectivity index (χ2v) is 14.1. The Balaban J connectivity index is 1.10. The topological polar surface area (TPSA) is 35.6 Å². The van der Waals surface area contributed by atoms with Crippen molar-refractivity contribution in [3.63, 3.8) is 0 Å². The van der Waals surface area contributed by atoms with Crippen molar-refractivity contribution in [3.05, 3.63) is 170 Å². The van der Waals surface area contributed by atoms with Gasteiger partial charge in [0.2, 0.25) is 0 Å². The molecule has 0 bridgehead atoms. The largest absolute Gasteiger partial charge is 0.309 e. The van der Waals surface area contributed by atoms with Crippen LogP contribution in [0.1, 0.15) is 0 Å². The number of benzene rings is 7. The van der Waals surface area contributed by atoms with Crippen molar-refractivity contribution in [1.29, 1.82) is 0 Å². The molecule has 4 heterocycles. The molecule has 0 fully saturated rings. The van der Waals surface area contributed by atoms with E-state index in [4.69, 9.17) is 9.97 Å². The molecule has 5 heteroatoms. The van der Waals surface area contributed by atoms with Gasteiger partial charge in [-0.2, -0.15) is 0 Å². The smallest absolute Gasteiger partial charge is 0.161 e. The molecule has 0 saturated carbocycles. The van der Waals surface area contributed by atoms with Gasteiger partial charge in [0, 0.05) is 49.1 Å². The molecule has 0 saturated heterocycles. The molecule has 238 valence electrons. The summed E-state index contributed by atoms with van der Waals surface area (Å²) in [5.41, 5.74) is 11.3. The summed E-state index contributed by atoms with van der Waals surface area (Å²) in [4.78, 5) is 10.3. The van der Waals surface area contributed by atoms with E-state index in [1.54, 1.807) is 11.3 Å². The van der Waals surface area contributed by atoms with Crippen LogP contribution in [0.4, 0.5) is 0 Å². The zero-order valence-corrected chi connectivity index (χ0v) is 28.2. The molecule has 51 heavy (non-hydrogen) atoms. The lowest BCUT2D eigenvalue weighted by Crippen LogP contribution is -1.99. The van der Waals surface area contributed by atoms with Crippen LogP contribution in [-0.2, 0) is 0 Å². The first-order chi connectivity index (χ1) is 25.3. The van der Waals surface area contributed by atoms with E-state index in [1.165, 1.54) is 48.4 Å². The van der Waals surface area contributed by atoms with Crippen LogP contribution in [0.3, 0.4) is 0 Å². The van der Waals surface area contributed by atoms with Crippen molar-refractivity contribution in [2.24, 2.45) is 0 Å². The van der Waals surface area contributed by atoms with Crippen LogP contribution in [0.15, 0.2) is 170 Å². The van der Waals surface area contributed by atoms with Crippen molar-refractivity contribution >= 4 is 75.3 Å². The summed E-state index contributed by atoms with van der Waals surface area (Å²) >= 11 is 1.74. The van der Waals surface area contributed by atoms with E-state index in [2.05, 4.69) is 173 Å². The quantitative estimate of drug-likeness (QED) is 0.187. The van der Waals surface area contributed by atoms with Gasteiger partial charge < -0.3 is 9.13 Å². The van der Waals surface area contributed by atoms with Crippen molar-refractivity contribution in [2.45, 2.75) is 0 Å². The van der Waals surface area contributed by atoms with Crippen LogP contribution in [0, 0.1) is 0 Å². The Morgan fingerprint density at radius 1 is 0.431 bits per heavy atom. The van der Waals surface area contributed by atoms with Gasteiger partial charge in [-0.3, -0.25) is 0 Å². The normalized spacial score (nSPS) is 11.9. The number of nitrogens with zero attached hydrogens (tertiary/aromatic N) is 4. The highest BCUT2D eigenvalue weighted by Gasteiger charge is 2.19. The molecule has 4 nitrogen and oxygen atoms in total. The van der Waals surface area contributed by atoms with Crippen LogP contribution in [0.25, 0.3) is 97.8 Å². The van der Waals surface area contributed by atoms with E-state index in [9.17, 15) is 0 Å². The molecule has 7 aromatic carbocycles. The predicted octanol–water partition coefficient (Wildman–Crippen LogP) is 12.4. The number of aromatic nitrogens is 4. The molecular formula is C46H28N4S. The maximum atomic E-state index is 5.34. The maximum Gasteiger partial charge on any atom is 0.161 e. The number of hydrogen-bond acceptors (Lipinski definition) is 3. The molecule has 0 amide bonds. The fourth-order valence-electron chi connectivity index (χ4n) is 7.92. The lowest BCUT2D eigenvalue weighted by atomic mass is 10.0. The Kier molecular flexibility index (Phi) is 6.09. The molecule has 0 N–H and O–H groups in total. The van der Waals surface area contributed by atoms with E-state index in [0.29, 0.717) is 5.82 Å². The first-order valence-electron chi connectivity index (χ1n) is 17.2. The number of rotatable bonds is 4. The average molecular weight is 669 g/mol. The molecule has 11 aromatic rings. The Labute approximate surface area is 297 Å². The Morgan fingerprint density at radius 2 is 1.06 bits per heavy atom. The second-order valence-electron chi connectivity index (χ2n) is 13.0. The first kappa shape index (κ1) is 28.3. The highest BCUT2D eigenvalue weighted by molar-refractivity contribution is 7.25. The summed E-state index contributed by atoms with van der Waals surface area (Å²) < 4.78 is 7.02. The predicted molar refractivity (Wildman–Crippen MR) is 214 cm³/mol. The van der Waals surface area contributed by atoms with Crippen LogP contribution >= 0.6 is 11.3 Å². The van der Waals surface area contributed by atoms with Crippen molar-refractivity contribution < 1.29 is 0 Å². The molecule has 11 rings (SSSR count). The molecule has 0 atom stereocenters. The summed E-state index contributed by atoms with van der Waals surface area (Å²) in [6.45, 7) is 0. The Bertz CT molecular complexity index is 3090. The summed E-state index contributed by atoms with van der Waals surface area (Å²) in [5.74, 6) is 0.715. The number of thiophene rings is 1. The van der Waals surface area contributed by atoms with Gasteiger partial charge in [-0.05, 0) is 71.8 Å². The Hall–Kier alpha value is -6.56. The van der Waals surface area contributed by atoms with E-state index >= 15 is 0 Å². The fraction of sp³-hybridized carbons (Fsp3) is 0. The van der Waals surface area contributed by atoms with Crippen molar-refractivity contribution in [3.8, 4) is 33.9 Å². The third kappa shape index (κ3) is 4.25. The zero-order chi connectivity index (χ0) is 33.5. The monoisotopic (exact) mass is 668 g/mol. The lowest BCUT2D eigenvalue weighted by Gasteiger charge is -2.13. The molecular weight excluding hydrogens is 641 g/mol. The molecule has 0 radical (unpaired) electrons. The standard InChI is InChI=1S/C46H28N4S/c1-2-12-29(13-3-1)30-22-24-42-36(26-30)34-16-6-10-20-40(34)50(42)41-21-11-7-17-35(41)46-47-28-44-45(48-46)37-27-31(23-25-43(37)51-44)49-38-18-8-4-14-32(38)33-15-5-9-19-39(33)49/h1-28H. The molecule has 0 aliphatic carbocycles. The van der Waals surface area contributed by atoms with E-state index < -0.39 is 0 Å². The minimum atomic E-state index is 0.715. The molecule has 4 aromatic heterocycles. The third-order valence-corrected chi connectivity index (χ3v) is 11.3. The summed E-state index contributed by atoms with van der Waals surface area (Å²) in [6, 6.07) is 58.7. The summed E-state index contributed by atoms with van der Waals surface area (Å²) in [5, 5.41) is 6.09. The second kappa shape index (κ2) is 11.0. The van der Waals surface area contributed by atoms with Gasteiger partial charge in [-0.15, -0.1) is 11.3 Å². The number of para-hydroxylation sites is 4. The first-order valence-corrected chi connectivity index (χ1v) is 18.0. The highest BCUT2D eigenvalue weighted by Crippen LogP contribution is 2.40. The van der Waals surface area contributed by atoms with Gasteiger partial charge in [-0.1, -0.05) is 103 Å². The zero-order valence-electron chi connectivity index (χ0n) is 27.4. The minimum Gasteiger partial charge on any atom is -0.309 e. The van der Waals surface area contributed by atoms with E-state index in [1.807, 2.05) is 6.20 Å². The van der Waals surface area contributed by atoms with E-state index in [-0.39, 0.29) is 0 Å². The van der Waals surface area contributed by atoms with Gasteiger partial charge in [0.25, 0.3) is 0 Å². The van der Waals surface area contributed by atoms with Crippen LogP contribution in [-0.4, -0.2) is 19.1 Å². The lowest BCUT2D eigenvalue weighted by molar-refractivity contribution is 1.15. The van der Waals surface area contributed by atoms with Gasteiger partial charge in [0.05, 0.1) is 38.0 Å². The van der Waals surface area contributed by atoms with Gasteiger partial charge in [0.1, 0.15) is 0 Å². The van der Waals surface area contributed by atoms with Gasteiger partial charge in [0.15, 0.2) is 5.82 Å². The number of fused-ring (bicyclic) bond motifs is 9.